The first kappa shape index (κ1) is 8.07. The monoisotopic (exact) mass is 169 g/mol. The summed E-state index contributed by atoms with van der Waals surface area (Å²) in [6.07, 6.45) is -0.526. The Balaban J connectivity index is 2.21. The van der Waals surface area contributed by atoms with Crippen LogP contribution >= 0.6 is 0 Å². The fraction of sp³-hybridized carbons (Fsp3) is 1.00. The average Bonchev–Trinajstić information content (AvgIpc) is 1.57. The van der Waals surface area contributed by atoms with E-state index < -0.39 is 17.0 Å². The van der Waals surface area contributed by atoms with Crippen molar-refractivity contribution in [3.05, 3.63) is 0 Å². The summed E-state index contributed by atoms with van der Waals surface area (Å²) in [5.74, 6) is -3.02. The summed E-state index contributed by atoms with van der Waals surface area (Å²) < 4.78 is 44.0. The maximum atomic E-state index is 12.0. The molecule has 0 amide bonds. The molecule has 2 nitrogen and oxygen atoms in total. The second-order valence-corrected chi connectivity index (χ2v) is 3.54. The molecule has 0 aromatic carbocycles. The summed E-state index contributed by atoms with van der Waals surface area (Å²) in [7, 11) is 0. The van der Waals surface area contributed by atoms with Crippen LogP contribution in [0.5, 0.6) is 0 Å². The van der Waals surface area contributed by atoms with Crippen molar-refractivity contribution in [3.8, 4) is 0 Å². The molecule has 0 spiro atoms. The number of hydrogen-bond acceptors (Lipinski definition) is 2. The van der Waals surface area contributed by atoms with Crippen LogP contribution in [0.4, 0.5) is 8.78 Å². The Kier molecular flexibility index (Phi) is 2.05. The van der Waals surface area contributed by atoms with Crippen molar-refractivity contribution < 1.29 is 17.5 Å². The van der Waals surface area contributed by atoms with Crippen LogP contribution in [0.2, 0.25) is 0 Å². The first-order valence-electron chi connectivity index (χ1n) is 2.93. The van der Waals surface area contributed by atoms with Crippen molar-refractivity contribution >= 4 is 11.1 Å². The first-order valence-corrected chi connectivity index (χ1v) is 4.18. The minimum atomic E-state index is -2.59. The van der Waals surface area contributed by atoms with Crippen LogP contribution in [0.15, 0.2) is 0 Å². The number of halogens is 2. The van der Waals surface area contributed by atoms with E-state index in [1.54, 1.807) is 0 Å². The smallest absolute Gasteiger partial charge is 0.248 e. The topological polar surface area (TPSA) is 40.1 Å². The zero-order chi connectivity index (χ0) is 7.78. The van der Waals surface area contributed by atoms with Gasteiger partial charge in [-0.25, -0.2) is 8.78 Å². The van der Waals surface area contributed by atoms with Gasteiger partial charge in [0.05, 0.1) is 0 Å². The molecule has 1 rings (SSSR count). The second-order valence-electron chi connectivity index (χ2n) is 2.60. The summed E-state index contributed by atoms with van der Waals surface area (Å²) in [5.41, 5.74) is 0. The van der Waals surface area contributed by atoms with Crippen LogP contribution in [-0.2, 0) is 11.1 Å². The third kappa shape index (κ3) is 1.98. The van der Waals surface area contributed by atoms with Crippen LogP contribution in [0, 0.1) is 5.92 Å². The highest BCUT2D eigenvalue weighted by Crippen LogP contribution is 2.42. The highest BCUT2D eigenvalue weighted by Gasteiger charge is 2.44. The van der Waals surface area contributed by atoms with Crippen LogP contribution in [0.25, 0.3) is 0 Å². The molecule has 5 heteroatoms. The Labute approximate surface area is 59.9 Å². The number of rotatable bonds is 2. The third-order valence-corrected chi connectivity index (χ3v) is 2.29. The van der Waals surface area contributed by atoms with Gasteiger partial charge in [-0.05, 0) is 5.92 Å². The van der Waals surface area contributed by atoms with Gasteiger partial charge in [-0.1, -0.05) is 11.1 Å². The van der Waals surface area contributed by atoms with E-state index in [1.165, 1.54) is 0 Å². The van der Waals surface area contributed by atoms with Gasteiger partial charge in [-0.3, -0.25) is 4.21 Å². The first-order chi connectivity index (χ1) is 4.49. The van der Waals surface area contributed by atoms with Gasteiger partial charge in [-0.2, -0.15) is 0 Å². The molecule has 0 aliphatic heterocycles. The van der Waals surface area contributed by atoms with E-state index in [2.05, 4.69) is 0 Å². The Morgan fingerprint density at radius 1 is 1.60 bits per heavy atom. The van der Waals surface area contributed by atoms with Gasteiger partial charge in [0.15, 0.2) is 0 Å². The molecular formula is C5H7F2O2S-. The average molecular weight is 169 g/mol. The molecule has 10 heavy (non-hydrogen) atoms. The van der Waals surface area contributed by atoms with E-state index in [1.807, 2.05) is 0 Å². The molecule has 0 aromatic heterocycles. The molecule has 0 N–H and O–H groups in total. The summed E-state index contributed by atoms with van der Waals surface area (Å²) in [5, 5.41) is 0. The van der Waals surface area contributed by atoms with E-state index in [-0.39, 0.29) is 24.5 Å². The molecular weight excluding hydrogens is 162 g/mol. The van der Waals surface area contributed by atoms with Gasteiger partial charge in [0.1, 0.15) is 0 Å². The molecule has 0 radical (unpaired) electrons. The van der Waals surface area contributed by atoms with Gasteiger partial charge in [-0.15, -0.1) is 0 Å². The van der Waals surface area contributed by atoms with Gasteiger partial charge in [0.25, 0.3) is 0 Å². The van der Waals surface area contributed by atoms with Gasteiger partial charge >= 0.3 is 0 Å². The summed E-state index contributed by atoms with van der Waals surface area (Å²) >= 11 is -2.16. The van der Waals surface area contributed by atoms with Crippen LogP contribution in [0.3, 0.4) is 0 Å². The Hall–Kier alpha value is -0.0300. The fourth-order valence-corrected chi connectivity index (χ4v) is 1.72. The van der Waals surface area contributed by atoms with Crippen molar-refractivity contribution in [1.82, 2.24) is 0 Å². The second kappa shape index (κ2) is 2.54. The third-order valence-electron chi connectivity index (χ3n) is 1.55. The summed E-state index contributed by atoms with van der Waals surface area (Å²) in [6.45, 7) is 0. The van der Waals surface area contributed by atoms with Crippen molar-refractivity contribution in [3.63, 3.8) is 0 Å². The minimum absolute atomic E-state index is 0.115. The Morgan fingerprint density at radius 3 is 2.40 bits per heavy atom. The Morgan fingerprint density at radius 2 is 2.10 bits per heavy atom. The number of alkyl halides is 2. The molecule has 0 saturated heterocycles. The molecule has 1 fully saturated rings. The highest BCUT2D eigenvalue weighted by atomic mass is 32.2. The molecule has 0 heterocycles. The lowest BCUT2D eigenvalue weighted by Crippen LogP contribution is -2.38. The maximum Gasteiger partial charge on any atom is 0.248 e. The maximum absolute atomic E-state index is 12.0. The molecule has 60 valence electrons. The molecule has 1 aliphatic rings. The van der Waals surface area contributed by atoms with Gasteiger partial charge in [0.2, 0.25) is 5.92 Å². The van der Waals surface area contributed by atoms with Crippen molar-refractivity contribution in [1.29, 1.82) is 0 Å². The minimum Gasteiger partial charge on any atom is -0.772 e. The molecule has 0 bridgehead atoms. The highest BCUT2D eigenvalue weighted by molar-refractivity contribution is 7.79. The molecule has 1 unspecified atom stereocenters. The van der Waals surface area contributed by atoms with Crippen LogP contribution in [0.1, 0.15) is 12.8 Å². The lowest BCUT2D eigenvalue weighted by Gasteiger charge is -2.35. The van der Waals surface area contributed by atoms with Crippen molar-refractivity contribution in [2.24, 2.45) is 5.92 Å². The Bertz CT molecular complexity index is 152. The zero-order valence-corrected chi connectivity index (χ0v) is 6.00. The number of hydrogen-bond donors (Lipinski definition) is 0. The normalized spacial score (nSPS) is 27.5. The van der Waals surface area contributed by atoms with E-state index in [9.17, 15) is 17.5 Å². The summed E-state index contributed by atoms with van der Waals surface area (Å²) in [6, 6.07) is 0. The quantitative estimate of drug-likeness (QED) is 0.576. The van der Waals surface area contributed by atoms with Crippen LogP contribution in [-0.4, -0.2) is 20.4 Å². The fourth-order valence-electron chi connectivity index (χ4n) is 1.10. The molecule has 1 atom stereocenters. The van der Waals surface area contributed by atoms with Crippen LogP contribution < -0.4 is 0 Å². The SMILES string of the molecule is O=S([O-])CC1CC(F)(F)C1. The van der Waals surface area contributed by atoms with E-state index in [0.29, 0.717) is 0 Å². The van der Waals surface area contributed by atoms with Gasteiger partial charge in [0, 0.05) is 18.6 Å². The summed E-state index contributed by atoms with van der Waals surface area (Å²) in [4.78, 5) is 0. The van der Waals surface area contributed by atoms with E-state index in [0.717, 1.165) is 0 Å². The molecule has 1 aliphatic carbocycles. The standard InChI is InChI=1S/C5H8F2O2S/c6-5(7)1-4(2-5)3-10(8)9/h4H,1-3H2,(H,8,9)/p-1. The lowest BCUT2D eigenvalue weighted by molar-refractivity contribution is -0.103. The largest absolute Gasteiger partial charge is 0.772 e. The van der Waals surface area contributed by atoms with E-state index >= 15 is 0 Å². The van der Waals surface area contributed by atoms with E-state index in [4.69, 9.17) is 0 Å². The molecule has 0 aromatic rings. The van der Waals surface area contributed by atoms with Gasteiger partial charge < -0.3 is 4.55 Å². The predicted octanol–water partition coefficient (Wildman–Crippen LogP) is 0.911. The van der Waals surface area contributed by atoms with Crippen molar-refractivity contribution in [2.45, 2.75) is 18.8 Å². The predicted molar refractivity (Wildman–Crippen MR) is 31.5 cm³/mol. The lowest BCUT2D eigenvalue weighted by atomic mass is 9.83. The zero-order valence-electron chi connectivity index (χ0n) is 5.18. The van der Waals surface area contributed by atoms with Crippen molar-refractivity contribution in [2.75, 3.05) is 5.75 Å². The molecule has 1 saturated carbocycles.